The molecule has 1 aromatic carbocycles. The number of carbonyl (C=O) groups excluding carboxylic acids is 2. The van der Waals surface area contributed by atoms with E-state index in [0.29, 0.717) is 9.75 Å². The Morgan fingerprint density at radius 3 is 2.47 bits per heavy atom. The van der Waals surface area contributed by atoms with Crippen molar-refractivity contribution in [3.8, 4) is 0 Å². The van der Waals surface area contributed by atoms with Crippen molar-refractivity contribution in [2.45, 2.75) is 6.92 Å². The highest BCUT2D eigenvalue weighted by Crippen LogP contribution is 2.20. The molecule has 0 aliphatic heterocycles. The van der Waals surface area contributed by atoms with Crippen LogP contribution in [0, 0.1) is 6.92 Å². The minimum Gasteiger partial charge on any atom is -0.465 e. The van der Waals surface area contributed by atoms with Crippen molar-refractivity contribution in [1.82, 2.24) is 0 Å². The van der Waals surface area contributed by atoms with Crippen LogP contribution >= 0.6 is 11.3 Å². The number of esters is 1. The zero-order valence-corrected chi connectivity index (χ0v) is 11.4. The molecular formula is C14H13NO3S. The number of anilines is 1. The Morgan fingerprint density at radius 2 is 1.79 bits per heavy atom. The van der Waals surface area contributed by atoms with Crippen molar-refractivity contribution in [2.24, 2.45) is 0 Å². The molecule has 19 heavy (non-hydrogen) atoms. The second-order valence-electron chi connectivity index (χ2n) is 3.92. The molecule has 1 amide bonds. The van der Waals surface area contributed by atoms with Gasteiger partial charge in [0, 0.05) is 5.69 Å². The lowest BCUT2D eigenvalue weighted by Crippen LogP contribution is -2.10. The van der Waals surface area contributed by atoms with Gasteiger partial charge in [-0.3, -0.25) is 4.79 Å². The molecule has 0 saturated carbocycles. The van der Waals surface area contributed by atoms with Crippen molar-refractivity contribution in [3.05, 3.63) is 51.7 Å². The van der Waals surface area contributed by atoms with E-state index in [1.165, 1.54) is 7.11 Å². The van der Waals surface area contributed by atoms with Crippen molar-refractivity contribution in [3.63, 3.8) is 0 Å². The number of amides is 1. The van der Waals surface area contributed by atoms with E-state index in [2.05, 4.69) is 10.1 Å². The normalized spacial score (nSPS) is 10.0. The summed E-state index contributed by atoms with van der Waals surface area (Å²) in [6.07, 6.45) is 0. The maximum atomic E-state index is 12.0. The highest BCUT2D eigenvalue weighted by Gasteiger charge is 2.14. The number of rotatable bonds is 3. The van der Waals surface area contributed by atoms with Gasteiger partial charge in [-0.2, -0.15) is 0 Å². The summed E-state index contributed by atoms with van der Waals surface area (Å²) in [5.41, 5.74) is 1.75. The quantitative estimate of drug-likeness (QED) is 0.876. The summed E-state index contributed by atoms with van der Waals surface area (Å²) in [4.78, 5) is 24.2. The fourth-order valence-corrected chi connectivity index (χ4v) is 2.39. The molecule has 1 N–H and O–H groups in total. The van der Waals surface area contributed by atoms with Gasteiger partial charge in [-0.15, -0.1) is 11.3 Å². The summed E-state index contributed by atoms with van der Waals surface area (Å²) >= 11 is 1.11. The van der Waals surface area contributed by atoms with Crippen LogP contribution in [0.25, 0.3) is 0 Å². The van der Waals surface area contributed by atoms with Crippen LogP contribution in [0.3, 0.4) is 0 Å². The van der Waals surface area contributed by atoms with E-state index in [9.17, 15) is 9.59 Å². The number of nitrogens with one attached hydrogen (secondary N) is 1. The van der Waals surface area contributed by atoms with Crippen LogP contribution in [-0.2, 0) is 4.74 Å². The van der Waals surface area contributed by atoms with Gasteiger partial charge in [0.1, 0.15) is 4.88 Å². The average Bonchev–Trinajstić information content (AvgIpc) is 2.90. The number of thiophene rings is 1. The van der Waals surface area contributed by atoms with E-state index in [1.807, 2.05) is 31.2 Å². The van der Waals surface area contributed by atoms with Gasteiger partial charge < -0.3 is 10.1 Å². The van der Waals surface area contributed by atoms with Gasteiger partial charge in [0.05, 0.1) is 12.0 Å². The first-order valence-electron chi connectivity index (χ1n) is 5.67. The summed E-state index contributed by atoms with van der Waals surface area (Å²) in [6.45, 7) is 1.92. The molecule has 4 nitrogen and oxygen atoms in total. The molecule has 2 aromatic rings. The molecule has 0 radical (unpaired) electrons. The highest BCUT2D eigenvalue weighted by atomic mass is 32.1. The molecule has 0 bridgehead atoms. The second-order valence-corrected chi connectivity index (χ2v) is 5.01. The van der Waals surface area contributed by atoms with Crippen molar-refractivity contribution >= 4 is 28.9 Å². The molecule has 0 spiro atoms. The molecule has 5 heteroatoms. The lowest BCUT2D eigenvalue weighted by Gasteiger charge is -2.06. The first-order chi connectivity index (χ1) is 9.11. The smallest absolute Gasteiger partial charge is 0.348 e. The number of hydrogen-bond acceptors (Lipinski definition) is 4. The Labute approximate surface area is 115 Å². The fraction of sp³-hybridized carbons (Fsp3) is 0.143. The minimum atomic E-state index is -0.431. The Hall–Kier alpha value is -2.14. The van der Waals surface area contributed by atoms with Gasteiger partial charge in [0.15, 0.2) is 0 Å². The van der Waals surface area contributed by atoms with Crippen molar-refractivity contribution < 1.29 is 14.3 Å². The van der Waals surface area contributed by atoms with Crippen LogP contribution in [-0.4, -0.2) is 19.0 Å². The first-order valence-corrected chi connectivity index (χ1v) is 6.48. The molecule has 0 aliphatic carbocycles. The third-order valence-corrected chi connectivity index (χ3v) is 3.67. The van der Waals surface area contributed by atoms with E-state index in [-0.39, 0.29) is 5.91 Å². The van der Waals surface area contributed by atoms with E-state index in [1.54, 1.807) is 12.1 Å². The third kappa shape index (κ3) is 3.00. The zero-order valence-electron chi connectivity index (χ0n) is 10.6. The van der Waals surface area contributed by atoms with Crippen molar-refractivity contribution in [1.29, 1.82) is 0 Å². The van der Waals surface area contributed by atoms with Gasteiger partial charge in [0.25, 0.3) is 5.91 Å². The van der Waals surface area contributed by atoms with E-state index < -0.39 is 5.97 Å². The largest absolute Gasteiger partial charge is 0.465 e. The highest BCUT2D eigenvalue weighted by molar-refractivity contribution is 7.16. The predicted octanol–water partition coefficient (Wildman–Crippen LogP) is 3.10. The summed E-state index contributed by atoms with van der Waals surface area (Å²) in [6, 6.07) is 10.7. The molecule has 0 unspecified atom stereocenters. The summed E-state index contributed by atoms with van der Waals surface area (Å²) in [5.74, 6) is -0.658. The molecule has 1 heterocycles. The molecule has 0 aliphatic rings. The van der Waals surface area contributed by atoms with Crippen LogP contribution in [0.1, 0.15) is 24.9 Å². The topological polar surface area (TPSA) is 55.4 Å². The molecule has 0 fully saturated rings. The van der Waals surface area contributed by atoms with Gasteiger partial charge in [-0.05, 0) is 30.7 Å². The molecule has 98 valence electrons. The maximum Gasteiger partial charge on any atom is 0.348 e. The number of methoxy groups -OCH3 is 1. The summed E-state index contributed by atoms with van der Waals surface area (Å²) in [7, 11) is 1.31. The van der Waals surface area contributed by atoms with Crippen LogP contribution in [0.5, 0.6) is 0 Å². The fourth-order valence-electron chi connectivity index (χ4n) is 1.57. The van der Waals surface area contributed by atoms with Gasteiger partial charge in [-0.1, -0.05) is 18.2 Å². The standard InChI is InChI=1S/C14H13NO3S/c1-9-5-3-4-6-10(9)15-13(16)11-7-8-12(19-11)14(17)18-2/h3-8H,1-2H3,(H,15,16). The average molecular weight is 275 g/mol. The molecule has 2 rings (SSSR count). The Balaban J connectivity index is 2.15. The van der Waals surface area contributed by atoms with Gasteiger partial charge in [-0.25, -0.2) is 4.79 Å². The second kappa shape index (κ2) is 5.67. The molecule has 1 aromatic heterocycles. The number of para-hydroxylation sites is 1. The Bertz CT molecular complexity index is 619. The van der Waals surface area contributed by atoms with Gasteiger partial charge in [0.2, 0.25) is 0 Å². The molecule has 0 saturated heterocycles. The molecule has 0 atom stereocenters. The molecular weight excluding hydrogens is 262 g/mol. The monoisotopic (exact) mass is 275 g/mol. The van der Waals surface area contributed by atoms with E-state index in [0.717, 1.165) is 22.6 Å². The number of hydrogen-bond donors (Lipinski definition) is 1. The first kappa shape index (κ1) is 13.3. The van der Waals surface area contributed by atoms with Crippen LogP contribution in [0.4, 0.5) is 5.69 Å². The maximum absolute atomic E-state index is 12.0. The summed E-state index contributed by atoms with van der Waals surface area (Å²) in [5, 5.41) is 2.82. The predicted molar refractivity (Wildman–Crippen MR) is 74.8 cm³/mol. The third-order valence-electron chi connectivity index (χ3n) is 2.61. The zero-order chi connectivity index (χ0) is 13.8. The van der Waals surface area contributed by atoms with Gasteiger partial charge >= 0.3 is 5.97 Å². The number of ether oxygens (including phenoxy) is 1. The SMILES string of the molecule is COC(=O)c1ccc(C(=O)Nc2ccccc2C)s1. The number of carbonyl (C=O) groups is 2. The lowest BCUT2D eigenvalue weighted by atomic mass is 10.2. The Kier molecular flexibility index (Phi) is 3.97. The lowest BCUT2D eigenvalue weighted by molar-refractivity contribution is 0.0606. The Morgan fingerprint density at radius 1 is 1.11 bits per heavy atom. The summed E-state index contributed by atoms with van der Waals surface area (Å²) < 4.78 is 4.61. The van der Waals surface area contributed by atoms with E-state index >= 15 is 0 Å². The van der Waals surface area contributed by atoms with Crippen LogP contribution in [0.2, 0.25) is 0 Å². The number of aryl methyl sites for hydroxylation is 1. The minimum absolute atomic E-state index is 0.227. The van der Waals surface area contributed by atoms with Crippen LogP contribution < -0.4 is 5.32 Å². The van der Waals surface area contributed by atoms with Crippen molar-refractivity contribution in [2.75, 3.05) is 12.4 Å². The number of benzene rings is 1. The van der Waals surface area contributed by atoms with Crippen LogP contribution in [0.15, 0.2) is 36.4 Å². The van der Waals surface area contributed by atoms with E-state index in [4.69, 9.17) is 0 Å².